The molecule has 0 unspecified atom stereocenters. The molecule has 0 N–H and O–H groups in total. The summed E-state index contributed by atoms with van der Waals surface area (Å²) in [4.78, 5) is 0. The van der Waals surface area contributed by atoms with Crippen LogP contribution >= 0.6 is 0 Å². The molecular formula is H8B2Fe2Nd2Pb. The fraction of sp³-hybridized carbons (Fsp3) is 0. The van der Waals surface area contributed by atoms with Crippen molar-refractivity contribution in [1.29, 1.82) is 0 Å². The van der Waals surface area contributed by atoms with Crippen LogP contribution in [0.25, 0.3) is 0 Å². The normalized spacial score (nSPS) is 0. The van der Waals surface area contributed by atoms with Gasteiger partial charge in [-0.05, 0) is 0 Å². The average Bonchev–Trinajstić information content (AvgIpc) is 0. The molecule has 0 saturated heterocycles. The third-order valence-electron chi connectivity index (χ3n) is 0. The van der Waals surface area contributed by atoms with E-state index in [4.69, 9.17) is 0 Å². The van der Waals surface area contributed by atoms with Crippen LogP contribution in [0.2, 0.25) is 0 Å². The molecule has 0 amide bonds. The second-order valence-corrected chi connectivity index (χ2v) is 0. The standard InChI is InChI=1S/2BH3.2Fe.2Nd.Pb.2H/h2*1H3;;;;;;;. The first kappa shape index (κ1) is 59.8. The van der Waals surface area contributed by atoms with Gasteiger partial charge in [-0.3, -0.25) is 0 Å². The molecule has 7 heavy (non-hydrogen) atoms. The topological polar surface area (TPSA) is 0 Å². The zero-order valence-electron chi connectivity index (χ0n) is 2.41. The molecule has 0 fully saturated rings. The molecule has 42 valence electrons. The molecule has 0 bridgehead atoms. The van der Waals surface area contributed by atoms with Crippen molar-refractivity contribution < 1.29 is 116 Å². The third kappa shape index (κ3) is 36.3. The van der Waals surface area contributed by atoms with Gasteiger partial charge in [-0.25, -0.2) is 0 Å². The van der Waals surface area contributed by atoms with Crippen molar-refractivity contribution in [2.45, 2.75) is 0 Å². The average molecular weight is 637 g/mol. The van der Waals surface area contributed by atoms with Crippen LogP contribution in [-0.4, -0.2) is 44.1 Å². The Morgan fingerprint density at radius 2 is 0.571 bits per heavy atom. The predicted molar refractivity (Wildman–Crippen MR) is 28.4 cm³/mol. The van der Waals surface area contributed by atoms with E-state index in [1.54, 1.807) is 0 Å². The van der Waals surface area contributed by atoms with Crippen LogP contribution in [-0.2, 0) is 34.1 Å². The van der Waals surface area contributed by atoms with E-state index in [2.05, 4.69) is 0 Å². The molecule has 0 nitrogen and oxygen atoms in total. The van der Waals surface area contributed by atoms with Gasteiger partial charge in [0, 0.05) is 116 Å². The van der Waals surface area contributed by atoms with Crippen LogP contribution in [0, 0.1) is 81.7 Å². The maximum absolute atomic E-state index is 0. The van der Waals surface area contributed by atoms with E-state index in [9.17, 15) is 0 Å². The molecule has 2 radical (unpaired) electrons. The van der Waals surface area contributed by atoms with Gasteiger partial charge < -0.3 is 0 Å². The monoisotopic (exact) mass is 634 g/mol. The van der Waals surface area contributed by atoms with E-state index < -0.39 is 0 Å². The van der Waals surface area contributed by atoms with Gasteiger partial charge in [0.25, 0.3) is 0 Å². The maximum atomic E-state index is 0. The summed E-state index contributed by atoms with van der Waals surface area (Å²) in [5.41, 5.74) is 0. The Balaban J connectivity index is 0. The summed E-state index contributed by atoms with van der Waals surface area (Å²) in [5.74, 6) is 0. The summed E-state index contributed by atoms with van der Waals surface area (Å²) in [7, 11) is 0. The van der Waals surface area contributed by atoms with Crippen LogP contribution in [0.1, 0.15) is 0 Å². The Labute approximate surface area is 156 Å². The third-order valence-corrected chi connectivity index (χ3v) is 0. The van der Waals surface area contributed by atoms with Gasteiger partial charge in [0.05, 0.1) is 16.8 Å². The fourth-order valence-corrected chi connectivity index (χ4v) is 0. The number of hydrogen-bond donors (Lipinski definition) is 0. The van der Waals surface area contributed by atoms with E-state index in [1.165, 1.54) is 0 Å². The molecule has 0 spiro atoms. The molecule has 0 aliphatic rings. The zero-order valence-corrected chi connectivity index (χ0v) is 16.5. The van der Waals surface area contributed by atoms with E-state index in [-0.39, 0.29) is 160 Å². The first-order chi connectivity index (χ1) is 0. The van der Waals surface area contributed by atoms with Gasteiger partial charge in [-0.1, -0.05) is 0 Å². The van der Waals surface area contributed by atoms with Gasteiger partial charge >= 0.3 is 27.3 Å². The second kappa shape index (κ2) is 45.1. The van der Waals surface area contributed by atoms with Crippen molar-refractivity contribution in [3.63, 3.8) is 0 Å². The Kier molecular flexibility index (Phi) is 385. The van der Waals surface area contributed by atoms with Gasteiger partial charge in [0.2, 0.25) is 0 Å². The molecule has 0 aliphatic carbocycles. The molecule has 0 heterocycles. The summed E-state index contributed by atoms with van der Waals surface area (Å²) >= 11 is 0. The molecule has 0 rings (SSSR count). The van der Waals surface area contributed by atoms with Crippen LogP contribution in [0.3, 0.4) is 0 Å². The predicted octanol–water partition coefficient (Wildman–Crippen LogP) is -3.29. The molecule has 0 aromatic heterocycles. The Bertz CT molecular complexity index is 13.7. The minimum absolute atomic E-state index is 0. The van der Waals surface area contributed by atoms with E-state index in [0.717, 1.165) is 0 Å². The quantitative estimate of drug-likeness (QED) is 0.245. The minimum atomic E-state index is 0. The first-order valence-corrected chi connectivity index (χ1v) is 0. The van der Waals surface area contributed by atoms with Gasteiger partial charge in [0.1, 0.15) is 0 Å². The van der Waals surface area contributed by atoms with Crippen molar-refractivity contribution in [1.82, 2.24) is 0 Å². The van der Waals surface area contributed by atoms with E-state index in [0.29, 0.717) is 0 Å². The Hall–Kier alpha value is 4.79. The Morgan fingerprint density at radius 3 is 0.571 bits per heavy atom. The fourth-order valence-electron chi connectivity index (χ4n) is 0. The van der Waals surface area contributed by atoms with E-state index >= 15 is 0 Å². The van der Waals surface area contributed by atoms with Crippen molar-refractivity contribution in [2.75, 3.05) is 0 Å². The molecular weight excluding hydrogens is 629 g/mol. The molecule has 0 aliphatic heterocycles. The number of rotatable bonds is 0. The van der Waals surface area contributed by atoms with Crippen LogP contribution in [0.5, 0.6) is 0 Å². The van der Waals surface area contributed by atoms with Crippen LogP contribution < -0.4 is 0 Å². The first-order valence-electron chi connectivity index (χ1n) is 0. The molecule has 7 heteroatoms. The molecule has 0 saturated carbocycles. The molecule has 0 aromatic rings. The summed E-state index contributed by atoms with van der Waals surface area (Å²) in [5, 5.41) is 0. The van der Waals surface area contributed by atoms with Gasteiger partial charge in [-0.2, -0.15) is 0 Å². The zero-order chi connectivity index (χ0) is 0. The summed E-state index contributed by atoms with van der Waals surface area (Å²) in [6, 6.07) is 0. The second-order valence-electron chi connectivity index (χ2n) is 0. The van der Waals surface area contributed by atoms with E-state index in [1.807, 2.05) is 0 Å². The summed E-state index contributed by atoms with van der Waals surface area (Å²) < 4.78 is 0. The van der Waals surface area contributed by atoms with Gasteiger partial charge in [-0.15, -0.1) is 0 Å². The van der Waals surface area contributed by atoms with Crippen molar-refractivity contribution in [3.05, 3.63) is 0 Å². The Morgan fingerprint density at radius 1 is 0.571 bits per heavy atom. The summed E-state index contributed by atoms with van der Waals surface area (Å²) in [6.45, 7) is 0. The molecule has 0 aromatic carbocycles. The number of hydrogen-bond acceptors (Lipinski definition) is 0. The molecule has 0 atom stereocenters. The van der Waals surface area contributed by atoms with Crippen molar-refractivity contribution in [3.8, 4) is 0 Å². The summed E-state index contributed by atoms with van der Waals surface area (Å²) in [6.07, 6.45) is 0. The van der Waals surface area contributed by atoms with Crippen molar-refractivity contribution >= 4 is 44.1 Å². The van der Waals surface area contributed by atoms with Gasteiger partial charge in [0.15, 0.2) is 0 Å². The SMILES string of the molecule is B.B.[Fe].[Fe].[Nd].[Nd].[PbH2]. The van der Waals surface area contributed by atoms with Crippen LogP contribution in [0.15, 0.2) is 0 Å². The van der Waals surface area contributed by atoms with Crippen LogP contribution in [0.4, 0.5) is 0 Å². The van der Waals surface area contributed by atoms with Crippen molar-refractivity contribution in [2.24, 2.45) is 0 Å².